The van der Waals surface area contributed by atoms with E-state index in [1.165, 1.54) is 0 Å². The van der Waals surface area contributed by atoms with Crippen LogP contribution in [0, 0.1) is 0 Å². The minimum atomic E-state index is -0.683. The smallest absolute Gasteiger partial charge is 0.338 e. The van der Waals surface area contributed by atoms with Crippen molar-refractivity contribution < 1.29 is 19.4 Å². The molecule has 1 aromatic heterocycles. The van der Waals surface area contributed by atoms with E-state index < -0.39 is 6.10 Å². The zero-order valence-corrected chi connectivity index (χ0v) is 14.5. The largest absolute Gasteiger partial charge is 0.491 e. The number of benzene rings is 1. The maximum Gasteiger partial charge on any atom is 0.338 e. The summed E-state index contributed by atoms with van der Waals surface area (Å²) in [7, 11) is 0. The van der Waals surface area contributed by atoms with Crippen LogP contribution in [-0.2, 0) is 4.74 Å². The zero-order valence-electron chi connectivity index (χ0n) is 14.5. The van der Waals surface area contributed by atoms with Crippen LogP contribution in [0.1, 0.15) is 35.9 Å². The highest BCUT2D eigenvalue weighted by Gasteiger charge is 2.11. The first-order chi connectivity index (χ1) is 12.1. The van der Waals surface area contributed by atoms with E-state index in [0.29, 0.717) is 24.5 Å². The fourth-order valence-corrected chi connectivity index (χ4v) is 2.23. The highest BCUT2D eigenvalue weighted by molar-refractivity contribution is 5.89. The summed E-state index contributed by atoms with van der Waals surface area (Å²) in [5.41, 5.74) is 1.34. The predicted octanol–water partition coefficient (Wildman–Crippen LogP) is 2.35. The topological polar surface area (TPSA) is 80.7 Å². The van der Waals surface area contributed by atoms with E-state index in [-0.39, 0.29) is 18.6 Å². The Balaban J connectivity index is 1.79. The van der Waals surface area contributed by atoms with E-state index in [2.05, 4.69) is 10.3 Å². The summed E-state index contributed by atoms with van der Waals surface area (Å²) in [6, 6.07) is 12.5. The van der Waals surface area contributed by atoms with Crippen LogP contribution in [0.2, 0.25) is 0 Å². The first-order valence-electron chi connectivity index (χ1n) is 8.32. The van der Waals surface area contributed by atoms with Crippen LogP contribution in [0.5, 0.6) is 5.75 Å². The first-order valence-corrected chi connectivity index (χ1v) is 8.32. The van der Waals surface area contributed by atoms with Crippen LogP contribution in [0.3, 0.4) is 0 Å². The number of aromatic nitrogens is 1. The van der Waals surface area contributed by atoms with Gasteiger partial charge in [0.25, 0.3) is 0 Å². The summed E-state index contributed by atoms with van der Waals surface area (Å²) in [6.45, 7) is 4.55. The molecule has 1 aromatic carbocycles. The average molecular weight is 344 g/mol. The number of hydrogen-bond acceptors (Lipinski definition) is 6. The molecule has 0 radical (unpaired) electrons. The Hall–Kier alpha value is -2.44. The summed E-state index contributed by atoms with van der Waals surface area (Å²) >= 11 is 0. The SMILES string of the molecule is CCOC(=O)c1cccc(OC[C@H](O)CN[C@@H](C)c2ccccn2)c1. The van der Waals surface area contributed by atoms with Gasteiger partial charge in [-0.25, -0.2) is 4.79 Å². The van der Waals surface area contributed by atoms with Crippen molar-refractivity contribution in [1.29, 1.82) is 0 Å². The van der Waals surface area contributed by atoms with E-state index in [1.807, 2.05) is 25.1 Å². The minimum absolute atomic E-state index is 0.0305. The number of pyridine rings is 1. The Morgan fingerprint density at radius 3 is 2.84 bits per heavy atom. The summed E-state index contributed by atoms with van der Waals surface area (Å²) in [4.78, 5) is 16.0. The number of ether oxygens (including phenoxy) is 2. The lowest BCUT2D eigenvalue weighted by Crippen LogP contribution is -2.33. The first kappa shape index (κ1) is 18.9. The van der Waals surface area contributed by atoms with Crippen molar-refractivity contribution in [3.63, 3.8) is 0 Å². The van der Waals surface area contributed by atoms with E-state index in [9.17, 15) is 9.90 Å². The molecule has 0 saturated heterocycles. The van der Waals surface area contributed by atoms with Gasteiger partial charge in [-0.1, -0.05) is 12.1 Å². The molecule has 0 unspecified atom stereocenters. The Morgan fingerprint density at radius 1 is 1.28 bits per heavy atom. The number of carbonyl (C=O) groups is 1. The highest BCUT2D eigenvalue weighted by atomic mass is 16.5. The van der Waals surface area contributed by atoms with Gasteiger partial charge in [0.05, 0.1) is 17.9 Å². The Labute approximate surface area is 147 Å². The number of aliphatic hydroxyl groups is 1. The van der Waals surface area contributed by atoms with Crippen molar-refractivity contribution >= 4 is 5.97 Å². The van der Waals surface area contributed by atoms with Gasteiger partial charge in [-0.2, -0.15) is 0 Å². The van der Waals surface area contributed by atoms with Crippen LogP contribution < -0.4 is 10.1 Å². The van der Waals surface area contributed by atoms with Crippen molar-refractivity contribution in [2.24, 2.45) is 0 Å². The lowest BCUT2D eigenvalue weighted by molar-refractivity contribution is 0.0525. The Morgan fingerprint density at radius 2 is 2.12 bits per heavy atom. The van der Waals surface area contributed by atoms with Gasteiger partial charge in [0.1, 0.15) is 18.5 Å². The fraction of sp³-hybridized carbons (Fsp3) is 0.368. The van der Waals surface area contributed by atoms with Gasteiger partial charge in [-0.3, -0.25) is 4.98 Å². The number of aliphatic hydroxyl groups excluding tert-OH is 1. The molecule has 6 nitrogen and oxygen atoms in total. The van der Waals surface area contributed by atoms with Gasteiger partial charge in [0, 0.05) is 18.8 Å². The number of esters is 1. The number of nitrogens with zero attached hydrogens (tertiary/aromatic N) is 1. The Bertz CT molecular complexity index is 663. The van der Waals surface area contributed by atoms with E-state index in [0.717, 1.165) is 5.69 Å². The number of rotatable bonds is 9. The van der Waals surface area contributed by atoms with Gasteiger partial charge < -0.3 is 19.9 Å². The van der Waals surface area contributed by atoms with Crippen LogP contribution in [0.15, 0.2) is 48.7 Å². The van der Waals surface area contributed by atoms with Gasteiger partial charge in [0.15, 0.2) is 0 Å². The molecule has 0 fully saturated rings. The molecule has 0 bridgehead atoms. The fourth-order valence-electron chi connectivity index (χ4n) is 2.23. The van der Waals surface area contributed by atoms with E-state index in [4.69, 9.17) is 9.47 Å². The summed E-state index contributed by atoms with van der Waals surface area (Å²) < 4.78 is 10.5. The molecule has 134 valence electrons. The number of hydrogen-bond donors (Lipinski definition) is 2. The number of nitrogens with one attached hydrogen (secondary N) is 1. The second kappa shape index (κ2) is 9.76. The van der Waals surface area contributed by atoms with Crippen LogP contribution in [0.4, 0.5) is 0 Å². The van der Waals surface area contributed by atoms with E-state index >= 15 is 0 Å². The van der Waals surface area contributed by atoms with Crippen LogP contribution >= 0.6 is 0 Å². The maximum absolute atomic E-state index is 11.7. The third-order valence-corrected chi connectivity index (χ3v) is 3.58. The standard InChI is InChI=1S/C19H24N2O4/c1-3-24-19(23)15-7-6-8-17(11-15)25-13-16(22)12-21-14(2)18-9-4-5-10-20-18/h4-11,14,16,21-22H,3,12-13H2,1-2H3/t14-,16+/m0/s1. The van der Waals surface area contributed by atoms with Gasteiger partial charge in [-0.05, 0) is 44.2 Å². The molecule has 0 amide bonds. The zero-order chi connectivity index (χ0) is 18.1. The van der Waals surface area contributed by atoms with Crippen molar-refractivity contribution in [3.8, 4) is 5.75 Å². The van der Waals surface area contributed by atoms with Gasteiger partial charge in [-0.15, -0.1) is 0 Å². The minimum Gasteiger partial charge on any atom is -0.491 e. The van der Waals surface area contributed by atoms with E-state index in [1.54, 1.807) is 37.4 Å². The summed E-state index contributed by atoms with van der Waals surface area (Å²) in [5.74, 6) is 0.127. The molecule has 0 saturated carbocycles. The molecule has 0 spiro atoms. The molecule has 2 rings (SSSR count). The lowest BCUT2D eigenvalue weighted by atomic mass is 10.2. The van der Waals surface area contributed by atoms with Crippen molar-refractivity contribution in [3.05, 3.63) is 59.9 Å². The molecular formula is C19H24N2O4. The van der Waals surface area contributed by atoms with Crippen LogP contribution in [0.25, 0.3) is 0 Å². The van der Waals surface area contributed by atoms with Crippen LogP contribution in [-0.4, -0.2) is 41.9 Å². The maximum atomic E-state index is 11.7. The monoisotopic (exact) mass is 344 g/mol. The van der Waals surface area contributed by atoms with Gasteiger partial charge in [0.2, 0.25) is 0 Å². The van der Waals surface area contributed by atoms with Crippen molar-refractivity contribution in [2.45, 2.75) is 26.0 Å². The molecule has 1 heterocycles. The average Bonchev–Trinajstić information content (AvgIpc) is 2.65. The third kappa shape index (κ3) is 6.17. The molecule has 2 N–H and O–H groups in total. The molecule has 6 heteroatoms. The second-order valence-corrected chi connectivity index (χ2v) is 5.60. The summed E-state index contributed by atoms with van der Waals surface area (Å²) in [5, 5.41) is 13.3. The Kier molecular flexibility index (Phi) is 7.37. The van der Waals surface area contributed by atoms with Gasteiger partial charge >= 0.3 is 5.97 Å². The molecule has 0 aliphatic rings. The molecule has 0 aliphatic heterocycles. The highest BCUT2D eigenvalue weighted by Crippen LogP contribution is 2.15. The normalized spacial score (nSPS) is 13.1. The molecule has 25 heavy (non-hydrogen) atoms. The number of carbonyl (C=O) groups excluding carboxylic acids is 1. The van der Waals surface area contributed by atoms with Crippen molar-refractivity contribution in [1.82, 2.24) is 10.3 Å². The third-order valence-electron chi connectivity index (χ3n) is 3.58. The molecule has 2 aromatic rings. The molecule has 2 atom stereocenters. The lowest BCUT2D eigenvalue weighted by Gasteiger charge is -2.17. The van der Waals surface area contributed by atoms with Crippen molar-refractivity contribution in [2.75, 3.05) is 19.8 Å². The quantitative estimate of drug-likeness (QED) is 0.680. The molecule has 0 aliphatic carbocycles. The predicted molar refractivity (Wildman–Crippen MR) is 94.6 cm³/mol. The summed E-state index contributed by atoms with van der Waals surface area (Å²) in [6.07, 6.45) is 1.06. The second-order valence-electron chi connectivity index (χ2n) is 5.60. The molecular weight excluding hydrogens is 320 g/mol.